The SMILES string of the molecule is CCC(Nc1cc(C)c(Br)c(C)c1)c1ccc(Cl)cc1Cl. The Morgan fingerprint density at radius 1 is 1.10 bits per heavy atom. The first kappa shape index (κ1) is 16.7. The van der Waals surface area contributed by atoms with Gasteiger partial charge in [0.05, 0.1) is 6.04 Å². The maximum Gasteiger partial charge on any atom is 0.0525 e. The Morgan fingerprint density at radius 2 is 1.71 bits per heavy atom. The summed E-state index contributed by atoms with van der Waals surface area (Å²) >= 11 is 15.9. The van der Waals surface area contributed by atoms with E-state index in [4.69, 9.17) is 23.2 Å². The maximum absolute atomic E-state index is 6.33. The predicted molar refractivity (Wildman–Crippen MR) is 96.7 cm³/mol. The van der Waals surface area contributed by atoms with Crippen LogP contribution in [0.15, 0.2) is 34.8 Å². The van der Waals surface area contributed by atoms with Crippen molar-refractivity contribution in [3.63, 3.8) is 0 Å². The van der Waals surface area contributed by atoms with Gasteiger partial charge in [-0.1, -0.05) is 52.1 Å². The van der Waals surface area contributed by atoms with Gasteiger partial charge in [0.2, 0.25) is 0 Å². The summed E-state index contributed by atoms with van der Waals surface area (Å²) in [5.74, 6) is 0. The molecule has 0 heterocycles. The Balaban J connectivity index is 2.31. The van der Waals surface area contributed by atoms with E-state index in [2.05, 4.69) is 54.2 Å². The average Bonchev–Trinajstić information content (AvgIpc) is 2.42. The zero-order chi connectivity index (χ0) is 15.6. The van der Waals surface area contributed by atoms with Crippen LogP contribution in [0, 0.1) is 13.8 Å². The lowest BCUT2D eigenvalue weighted by molar-refractivity contribution is 0.749. The van der Waals surface area contributed by atoms with Crippen molar-refractivity contribution >= 4 is 44.8 Å². The summed E-state index contributed by atoms with van der Waals surface area (Å²) in [4.78, 5) is 0. The fourth-order valence-corrected chi connectivity index (χ4v) is 3.18. The molecule has 4 heteroatoms. The molecule has 0 aliphatic heterocycles. The molecule has 2 aromatic rings. The van der Waals surface area contributed by atoms with Crippen LogP contribution in [0.4, 0.5) is 5.69 Å². The van der Waals surface area contributed by atoms with Gasteiger partial charge >= 0.3 is 0 Å². The van der Waals surface area contributed by atoms with E-state index in [-0.39, 0.29) is 6.04 Å². The van der Waals surface area contributed by atoms with E-state index in [1.807, 2.05) is 12.1 Å². The van der Waals surface area contributed by atoms with Gasteiger partial charge in [0, 0.05) is 20.2 Å². The summed E-state index contributed by atoms with van der Waals surface area (Å²) in [6, 6.07) is 10.1. The molecule has 0 aliphatic rings. The second-order valence-electron chi connectivity index (χ2n) is 5.20. The second kappa shape index (κ2) is 7.04. The largest absolute Gasteiger partial charge is 0.378 e. The van der Waals surface area contributed by atoms with E-state index < -0.39 is 0 Å². The van der Waals surface area contributed by atoms with Crippen LogP contribution in [0.5, 0.6) is 0 Å². The van der Waals surface area contributed by atoms with Crippen molar-refractivity contribution < 1.29 is 0 Å². The van der Waals surface area contributed by atoms with Crippen molar-refractivity contribution in [1.29, 1.82) is 0 Å². The molecule has 2 rings (SSSR count). The fraction of sp³-hybridized carbons (Fsp3) is 0.294. The molecular formula is C17H18BrCl2N. The molecular weight excluding hydrogens is 369 g/mol. The Labute approximate surface area is 144 Å². The van der Waals surface area contributed by atoms with Crippen molar-refractivity contribution in [1.82, 2.24) is 0 Å². The minimum atomic E-state index is 0.162. The number of anilines is 1. The highest BCUT2D eigenvalue weighted by Gasteiger charge is 2.14. The van der Waals surface area contributed by atoms with E-state index >= 15 is 0 Å². The van der Waals surface area contributed by atoms with Crippen LogP contribution < -0.4 is 5.32 Å². The van der Waals surface area contributed by atoms with Crippen molar-refractivity contribution in [2.45, 2.75) is 33.2 Å². The van der Waals surface area contributed by atoms with Gasteiger partial charge in [-0.25, -0.2) is 0 Å². The number of nitrogens with one attached hydrogen (secondary N) is 1. The highest BCUT2D eigenvalue weighted by molar-refractivity contribution is 9.10. The van der Waals surface area contributed by atoms with E-state index in [1.54, 1.807) is 6.07 Å². The number of rotatable bonds is 4. The van der Waals surface area contributed by atoms with Gasteiger partial charge in [-0.15, -0.1) is 0 Å². The Kier molecular flexibility index (Phi) is 5.59. The molecule has 112 valence electrons. The number of aryl methyl sites for hydroxylation is 2. The Hall–Kier alpha value is -0.700. The van der Waals surface area contributed by atoms with Gasteiger partial charge in [-0.3, -0.25) is 0 Å². The van der Waals surface area contributed by atoms with Gasteiger partial charge in [0.1, 0.15) is 0 Å². The third-order valence-electron chi connectivity index (χ3n) is 3.52. The first-order chi connectivity index (χ1) is 9.92. The highest BCUT2D eigenvalue weighted by Crippen LogP contribution is 2.32. The molecule has 0 spiro atoms. The molecule has 0 saturated heterocycles. The van der Waals surface area contributed by atoms with Crippen LogP contribution in [0.3, 0.4) is 0 Å². The molecule has 0 aliphatic carbocycles. The normalized spacial score (nSPS) is 12.3. The second-order valence-corrected chi connectivity index (χ2v) is 6.83. The molecule has 0 saturated carbocycles. The summed E-state index contributed by atoms with van der Waals surface area (Å²) < 4.78 is 1.16. The summed E-state index contributed by atoms with van der Waals surface area (Å²) in [5.41, 5.74) is 4.61. The van der Waals surface area contributed by atoms with Gasteiger partial charge in [-0.05, 0) is 61.2 Å². The number of halogens is 3. The lowest BCUT2D eigenvalue weighted by Gasteiger charge is -2.21. The molecule has 2 aromatic carbocycles. The molecule has 0 fully saturated rings. The molecule has 0 bridgehead atoms. The monoisotopic (exact) mass is 385 g/mol. The lowest BCUT2D eigenvalue weighted by Crippen LogP contribution is -2.10. The third kappa shape index (κ3) is 3.94. The van der Waals surface area contributed by atoms with Crippen molar-refractivity contribution in [2.75, 3.05) is 5.32 Å². The van der Waals surface area contributed by atoms with E-state index in [1.165, 1.54) is 11.1 Å². The highest BCUT2D eigenvalue weighted by atomic mass is 79.9. The first-order valence-electron chi connectivity index (χ1n) is 6.90. The fourth-order valence-electron chi connectivity index (χ4n) is 2.41. The molecule has 1 nitrogen and oxygen atoms in total. The van der Waals surface area contributed by atoms with Crippen molar-refractivity contribution in [2.24, 2.45) is 0 Å². The number of benzene rings is 2. The van der Waals surface area contributed by atoms with Crippen LogP contribution in [-0.2, 0) is 0 Å². The van der Waals surface area contributed by atoms with Crippen LogP contribution in [0.2, 0.25) is 10.0 Å². The topological polar surface area (TPSA) is 12.0 Å². The Morgan fingerprint density at radius 3 is 2.24 bits per heavy atom. The van der Waals surface area contributed by atoms with Gasteiger partial charge < -0.3 is 5.32 Å². The van der Waals surface area contributed by atoms with Crippen LogP contribution in [-0.4, -0.2) is 0 Å². The first-order valence-corrected chi connectivity index (χ1v) is 8.45. The molecule has 0 aromatic heterocycles. The zero-order valence-corrected chi connectivity index (χ0v) is 15.4. The number of hydrogen-bond donors (Lipinski definition) is 1. The molecule has 1 unspecified atom stereocenters. The van der Waals surface area contributed by atoms with Crippen LogP contribution in [0.25, 0.3) is 0 Å². The third-order valence-corrected chi connectivity index (χ3v) is 5.34. The summed E-state index contributed by atoms with van der Waals surface area (Å²) in [5, 5.41) is 4.93. The number of hydrogen-bond acceptors (Lipinski definition) is 1. The summed E-state index contributed by atoms with van der Waals surface area (Å²) in [6.45, 7) is 6.33. The summed E-state index contributed by atoms with van der Waals surface area (Å²) in [7, 11) is 0. The van der Waals surface area contributed by atoms with Crippen LogP contribution in [0.1, 0.15) is 36.1 Å². The lowest BCUT2D eigenvalue weighted by atomic mass is 10.0. The molecule has 0 amide bonds. The standard InChI is InChI=1S/C17H18BrCl2N/c1-4-16(14-6-5-12(19)9-15(14)20)21-13-7-10(2)17(18)11(3)8-13/h5-9,16,21H,4H2,1-3H3. The van der Waals surface area contributed by atoms with Crippen molar-refractivity contribution in [3.05, 3.63) is 61.5 Å². The molecule has 1 atom stereocenters. The van der Waals surface area contributed by atoms with E-state index in [0.717, 1.165) is 22.1 Å². The molecule has 1 N–H and O–H groups in total. The average molecular weight is 387 g/mol. The molecule has 21 heavy (non-hydrogen) atoms. The quantitative estimate of drug-likeness (QED) is 0.600. The zero-order valence-electron chi connectivity index (χ0n) is 12.3. The maximum atomic E-state index is 6.33. The minimum Gasteiger partial charge on any atom is -0.378 e. The van der Waals surface area contributed by atoms with Gasteiger partial charge in [-0.2, -0.15) is 0 Å². The Bertz CT molecular complexity index is 632. The predicted octanol–water partition coefficient (Wildman–Crippen LogP) is 6.94. The molecule has 0 radical (unpaired) electrons. The smallest absolute Gasteiger partial charge is 0.0525 e. The van der Waals surface area contributed by atoms with Crippen LogP contribution >= 0.6 is 39.1 Å². The van der Waals surface area contributed by atoms with Gasteiger partial charge in [0.15, 0.2) is 0 Å². The van der Waals surface area contributed by atoms with E-state index in [0.29, 0.717) is 10.0 Å². The van der Waals surface area contributed by atoms with Gasteiger partial charge in [0.25, 0.3) is 0 Å². The summed E-state index contributed by atoms with van der Waals surface area (Å²) in [6.07, 6.45) is 0.940. The minimum absolute atomic E-state index is 0.162. The van der Waals surface area contributed by atoms with E-state index in [9.17, 15) is 0 Å². The van der Waals surface area contributed by atoms with Crippen molar-refractivity contribution in [3.8, 4) is 0 Å².